The first-order valence-electron chi connectivity index (χ1n) is 11.0. The highest BCUT2D eigenvalue weighted by Gasteiger charge is 2.24. The Labute approximate surface area is 171 Å². The van der Waals surface area contributed by atoms with Crippen LogP contribution in [0.25, 0.3) is 0 Å². The van der Waals surface area contributed by atoms with Crippen molar-refractivity contribution in [3.05, 3.63) is 47.5 Å². The Bertz CT molecular complexity index is 631. The molecule has 0 spiro atoms. The SMILES string of the molecule is CC(C)=CCN1CCC(CCC(=O)N[C@@H]2CCN(Cc3ccccc3)C2)CC1. The fourth-order valence-electron chi connectivity index (χ4n) is 4.34. The van der Waals surface area contributed by atoms with Gasteiger partial charge in [0.15, 0.2) is 0 Å². The normalized spacial score (nSPS) is 21.6. The minimum absolute atomic E-state index is 0.249. The third-order valence-electron chi connectivity index (χ3n) is 6.13. The quantitative estimate of drug-likeness (QED) is 0.693. The van der Waals surface area contributed by atoms with Gasteiger partial charge < -0.3 is 5.32 Å². The maximum absolute atomic E-state index is 12.4. The van der Waals surface area contributed by atoms with E-state index in [0.29, 0.717) is 18.4 Å². The fraction of sp³-hybridized carbons (Fsp3) is 0.625. The van der Waals surface area contributed by atoms with E-state index in [2.05, 4.69) is 65.4 Å². The maximum Gasteiger partial charge on any atom is 0.220 e. The summed E-state index contributed by atoms with van der Waals surface area (Å²) < 4.78 is 0. The zero-order chi connectivity index (χ0) is 19.8. The second kappa shape index (κ2) is 10.8. The molecular formula is C24H37N3O. The van der Waals surface area contributed by atoms with E-state index in [-0.39, 0.29) is 5.91 Å². The minimum atomic E-state index is 0.249. The van der Waals surface area contributed by atoms with Crippen molar-refractivity contribution in [3.63, 3.8) is 0 Å². The van der Waals surface area contributed by atoms with Crippen molar-refractivity contribution in [1.82, 2.24) is 15.1 Å². The molecule has 28 heavy (non-hydrogen) atoms. The van der Waals surface area contributed by atoms with Crippen molar-refractivity contribution in [2.45, 2.75) is 58.5 Å². The average molecular weight is 384 g/mol. The highest BCUT2D eigenvalue weighted by atomic mass is 16.1. The third kappa shape index (κ3) is 7.06. The van der Waals surface area contributed by atoms with E-state index < -0.39 is 0 Å². The lowest BCUT2D eigenvalue weighted by atomic mass is 9.92. The highest BCUT2D eigenvalue weighted by Crippen LogP contribution is 2.22. The number of benzene rings is 1. The molecule has 4 heteroatoms. The zero-order valence-corrected chi connectivity index (χ0v) is 17.7. The first kappa shape index (κ1) is 21.1. The van der Waals surface area contributed by atoms with Crippen LogP contribution in [0.4, 0.5) is 0 Å². The standard InChI is InChI=1S/C24H37N3O/c1-20(2)10-14-26-15-11-21(12-16-26)8-9-24(28)25-23-13-17-27(19-23)18-22-6-4-3-5-7-22/h3-7,10,21,23H,8-9,11-19H2,1-2H3,(H,25,28)/t23-/m1/s1. The number of nitrogens with zero attached hydrogens (tertiary/aromatic N) is 2. The molecule has 2 fully saturated rings. The van der Waals surface area contributed by atoms with Crippen LogP contribution in [0.2, 0.25) is 0 Å². The molecule has 0 bridgehead atoms. The molecule has 0 unspecified atom stereocenters. The van der Waals surface area contributed by atoms with Crippen molar-refractivity contribution in [2.75, 3.05) is 32.7 Å². The molecule has 2 aliphatic heterocycles. The van der Waals surface area contributed by atoms with Crippen molar-refractivity contribution in [1.29, 1.82) is 0 Å². The Morgan fingerprint density at radius 3 is 2.50 bits per heavy atom. The largest absolute Gasteiger partial charge is 0.352 e. The summed E-state index contributed by atoms with van der Waals surface area (Å²) in [5, 5.41) is 3.28. The monoisotopic (exact) mass is 383 g/mol. The van der Waals surface area contributed by atoms with Gasteiger partial charge in [-0.2, -0.15) is 0 Å². The topological polar surface area (TPSA) is 35.6 Å². The molecule has 0 aromatic heterocycles. The van der Waals surface area contributed by atoms with Crippen LogP contribution in [0.15, 0.2) is 42.0 Å². The molecule has 1 N–H and O–H groups in total. The van der Waals surface area contributed by atoms with E-state index in [0.717, 1.165) is 39.0 Å². The molecule has 0 aliphatic carbocycles. The van der Waals surface area contributed by atoms with Gasteiger partial charge in [-0.15, -0.1) is 0 Å². The molecule has 2 heterocycles. The molecule has 1 aromatic rings. The Hall–Kier alpha value is -1.65. The first-order valence-corrected chi connectivity index (χ1v) is 11.0. The second-order valence-electron chi connectivity index (χ2n) is 8.84. The van der Waals surface area contributed by atoms with Crippen LogP contribution in [0.3, 0.4) is 0 Å². The predicted octanol–water partition coefficient (Wildman–Crippen LogP) is 3.84. The smallest absolute Gasteiger partial charge is 0.220 e. The van der Waals surface area contributed by atoms with E-state index in [1.807, 2.05) is 0 Å². The maximum atomic E-state index is 12.4. The van der Waals surface area contributed by atoms with E-state index in [1.165, 1.54) is 37.1 Å². The number of hydrogen-bond acceptors (Lipinski definition) is 3. The number of piperidine rings is 1. The summed E-state index contributed by atoms with van der Waals surface area (Å²) >= 11 is 0. The molecule has 2 aliphatic rings. The summed E-state index contributed by atoms with van der Waals surface area (Å²) in [6.07, 6.45) is 7.59. The molecule has 1 aromatic carbocycles. The number of allylic oxidation sites excluding steroid dienone is 1. The number of likely N-dealkylation sites (tertiary alicyclic amines) is 2. The van der Waals surface area contributed by atoms with Gasteiger partial charge in [-0.05, 0) is 64.1 Å². The van der Waals surface area contributed by atoms with Crippen LogP contribution in [-0.4, -0.2) is 54.5 Å². The lowest BCUT2D eigenvalue weighted by molar-refractivity contribution is -0.122. The van der Waals surface area contributed by atoms with Gasteiger partial charge >= 0.3 is 0 Å². The summed E-state index contributed by atoms with van der Waals surface area (Å²) in [5.74, 6) is 0.963. The van der Waals surface area contributed by atoms with Gasteiger partial charge in [-0.1, -0.05) is 42.0 Å². The number of carbonyl (C=O) groups excluding carboxylic acids is 1. The number of hydrogen-bond donors (Lipinski definition) is 1. The minimum Gasteiger partial charge on any atom is -0.352 e. The van der Waals surface area contributed by atoms with Gasteiger partial charge in [0.25, 0.3) is 0 Å². The summed E-state index contributed by atoms with van der Waals surface area (Å²) in [6.45, 7) is 10.8. The molecule has 1 atom stereocenters. The van der Waals surface area contributed by atoms with Crippen LogP contribution < -0.4 is 5.32 Å². The number of rotatable bonds is 8. The Kier molecular flexibility index (Phi) is 8.11. The third-order valence-corrected chi connectivity index (χ3v) is 6.13. The van der Waals surface area contributed by atoms with Crippen LogP contribution in [0, 0.1) is 5.92 Å². The van der Waals surface area contributed by atoms with Crippen LogP contribution in [0.5, 0.6) is 0 Å². The van der Waals surface area contributed by atoms with Gasteiger partial charge in [0.2, 0.25) is 5.91 Å². The number of nitrogens with one attached hydrogen (secondary N) is 1. The van der Waals surface area contributed by atoms with Gasteiger partial charge in [0, 0.05) is 38.6 Å². The molecule has 4 nitrogen and oxygen atoms in total. The molecule has 1 amide bonds. The van der Waals surface area contributed by atoms with E-state index in [9.17, 15) is 4.79 Å². The van der Waals surface area contributed by atoms with Crippen LogP contribution in [0.1, 0.15) is 51.5 Å². The first-order chi connectivity index (χ1) is 13.6. The summed E-state index contributed by atoms with van der Waals surface area (Å²) in [7, 11) is 0. The van der Waals surface area contributed by atoms with Crippen molar-refractivity contribution >= 4 is 5.91 Å². The average Bonchev–Trinajstić information content (AvgIpc) is 3.13. The summed E-state index contributed by atoms with van der Waals surface area (Å²) in [5.41, 5.74) is 2.75. The van der Waals surface area contributed by atoms with Gasteiger partial charge in [0.1, 0.15) is 0 Å². The molecule has 3 rings (SSSR count). The lowest BCUT2D eigenvalue weighted by Crippen LogP contribution is -2.38. The Morgan fingerprint density at radius 1 is 1.07 bits per heavy atom. The van der Waals surface area contributed by atoms with Crippen molar-refractivity contribution in [3.8, 4) is 0 Å². The van der Waals surface area contributed by atoms with Crippen LogP contribution >= 0.6 is 0 Å². The number of amides is 1. The van der Waals surface area contributed by atoms with E-state index in [4.69, 9.17) is 0 Å². The Balaban J connectivity index is 1.29. The molecule has 0 radical (unpaired) electrons. The molecule has 0 saturated carbocycles. The number of carbonyl (C=O) groups is 1. The molecule has 2 saturated heterocycles. The van der Waals surface area contributed by atoms with E-state index in [1.54, 1.807) is 0 Å². The van der Waals surface area contributed by atoms with Crippen LogP contribution in [-0.2, 0) is 11.3 Å². The fourth-order valence-corrected chi connectivity index (χ4v) is 4.34. The van der Waals surface area contributed by atoms with Gasteiger partial charge in [0.05, 0.1) is 0 Å². The highest BCUT2D eigenvalue weighted by molar-refractivity contribution is 5.76. The summed E-state index contributed by atoms with van der Waals surface area (Å²) in [4.78, 5) is 17.4. The van der Waals surface area contributed by atoms with Crippen molar-refractivity contribution < 1.29 is 4.79 Å². The zero-order valence-electron chi connectivity index (χ0n) is 17.7. The van der Waals surface area contributed by atoms with Crippen molar-refractivity contribution in [2.24, 2.45) is 5.92 Å². The predicted molar refractivity (Wildman–Crippen MR) is 116 cm³/mol. The summed E-state index contributed by atoms with van der Waals surface area (Å²) in [6, 6.07) is 10.9. The molecular weight excluding hydrogens is 346 g/mol. The van der Waals surface area contributed by atoms with Gasteiger partial charge in [-0.3, -0.25) is 14.6 Å². The second-order valence-corrected chi connectivity index (χ2v) is 8.84. The Morgan fingerprint density at radius 2 is 1.79 bits per heavy atom. The lowest BCUT2D eigenvalue weighted by Gasteiger charge is -2.31. The van der Waals surface area contributed by atoms with Gasteiger partial charge in [-0.25, -0.2) is 0 Å². The van der Waals surface area contributed by atoms with E-state index >= 15 is 0 Å². The molecule has 154 valence electrons.